The summed E-state index contributed by atoms with van der Waals surface area (Å²) >= 11 is 0. The molecule has 62 heavy (non-hydrogen) atoms. The van der Waals surface area contributed by atoms with Gasteiger partial charge in [0.25, 0.3) is 0 Å². The molecule has 0 unspecified atom stereocenters. The standard InChI is InChI=1S/C57H34N4O/c1-2-12-35(13-3-1)37-22-25-39(26-23-37)55-58-56(43-27-24-36-14-4-5-16-40(36)32-43)60-57(59-55)46-29-31-49(54-53(46)45-20-10-11-21-51(45)62-54)61-48-30-28-38-15-8-9-19-44(38)52(48)47-33-41-17-6-7-18-42(41)34-50(47)61/h1-34H. The molecule has 0 aliphatic carbocycles. The zero-order chi connectivity index (χ0) is 40.7. The SMILES string of the molecule is c1ccc(-c2ccc(-c3nc(-c4ccc5ccccc5c4)nc(-c4ccc(-n5c6cc7ccccc7cc6c6c7ccccc7ccc65)c5oc6ccccc6c45)n3)cc2)cc1. The number of rotatable bonds is 5. The van der Waals surface area contributed by atoms with Crippen molar-refractivity contribution in [2.75, 3.05) is 0 Å². The Balaban J connectivity index is 1.08. The number of benzene rings is 10. The molecular weight excluding hydrogens is 757 g/mol. The fraction of sp³-hybridized carbons (Fsp3) is 0. The minimum Gasteiger partial charge on any atom is -0.454 e. The van der Waals surface area contributed by atoms with E-state index in [1.165, 1.54) is 32.3 Å². The van der Waals surface area contributed by atoms with Crippen molar-refractivity contribution in [2.24, 2.45) is 0 Å². The normalized spacial score (nSPS) is 11.9. The topological polar surface area (TPSA) is 56.7 Å². The first-order valence-corrected chi connectivity index (χ1v) is 20.9. The molecule has 0 fully saturated rings. The van der Waals surface area contributed by atoms with Crippen molar-refractivity contribution in [3.8, 4) is 51.0 Å². The lowest BCUT2D eigenvalue weighted by atomic mass is 10.0. The van der Waals surface area contributed by atoms with Gasteiger partial charge in [-0.05, 0) is 85.9 Å². The number of furan rings is 1. The number of hydrogen-bond acceptors (Lipinski definition) is 4. The third kappa shape index (κ3) is 5.38. The van der Waals surface area contributed by atoms with Crippen molar-refractivity contribution in [2.45, 2.75) is 0 Å². The van der Waals surface area contributed by atoms with Crippen LogP contribution >= 0.6 is 0 Å². The van der Waals surface area contributed by atoms with Gasteiger partial charge in [0, 0.05) is 38.2 Å². The summed E-state index contributed by atoms with van der Waals surface area (Å²) in [6.07, 6.45) is 0. The van der Waals surface area contributed by atoms with Gasteiger partial charge >= 0.3 is 0 Å². The number of nitrogens with zero attached hydrogens (tertiary/aromatic N) is 4. The maximum absolute atomic E-state index is 6.98. The van der Waals surface area contributed by atoms with E-state index in [0.29, 0.717) is 17.5 Å². The zero-order valence-corrected chi connectivity index (χ0v) is 33.3. The van der Waals surface area contributed by atoms with E-state index in [4.69, 9.17) is 19.4 Å². The molecule has 0 spiro atoms. The van der Waals surface area contributed by atoms with Crippen molar-refractivity contribution in [1.29, 1.82) is 0 Å². The fourth-order valence-corrected chi connectivity index (χ4v) is 9.43. The first-order chi connectivity index (χ1) is 30.7. The van der Waals surface area contributed by atoms with Crippen LogP contribution in [-0.2, 0) is 0 Å². The first-order valence-electron chi connectivity index (χ1n) is 20.9. The zero-order valence-electron chi connectivity index (χ0n) is 33.3. The lowest BCUT2D eigenvalue weighted by Crippen LogP contribution is -2.01. The lowest BCUT2D eigenvalue weighted by Gasteiger charge is -2.13. The van der Waals surface area contributed by atoms with E-state index < -0.39 is 0 Å². The van der Waals surface area contributed by atoms with Gasteiger partial charge in [0.05, 0.1) is 16.7 Å². The first kappa shape index (κ1) is 34.5. The second kappa shape index (κ2) is 13.6. The van der Waals surface area contributed by atoms with E-state index in [1.54, 1.807) is 0 Å². The maximum Gasteiger partial charge on any atom is 0.164 e. The van der Waals surface area contributed by atoms with E-state index in [1.807, 2.05) is 18.2 Å². The van der Waals surface area contributed by atoms with Gasteiger partial charge in [-0.2, -0.15) is 0 Å². The van der Waals surface area contributed by atoms with E-state index in [2.05, 4.69) is 193 Å². The van der Waals surface area contributed by atoms with Crippen molar-refractivity contribution in [1.82, 2.24) is 19.5 Å². The molecule has 288 valence electrons. The highest BCUT2D eigenvalue weighted by Crippen LogP contribution is 2.44. The highest BCUT2D eigenvalue weighted by atomic mass is 16.3. The Kier molecular flexibility index (Phi) is 7.54. The summed E-state index contributed by atoms with van der Waals surface area (Å²) in [5.41, 5.74) is 9.74. The van der Waals surface area contributed by atoms with Crippen molar-refractivity contribution < 1.29 is 4.42 Å². The van der Waals surface area contributed by atoms with E-state index in [0.717, 1.165) is 77.2 Å². The molecule has 0 amide bonds. The molecule has 3 aromatic heterocycles. The second-order valence-corrected chi connectivity index (χ2v) is 16.0. The van der Waals surface area contributed by atoms with Gasteiger partial charge in [0.2, 0.25) is 0 Å². The average molecular weight is 791 g/mol. The molecule has 3 heterocycles. The van der Waals surface area contributed by atoms with Gasteiger partial charge in [-0.15, -0.1) is 0 Å². The second-order valence-electron chi connectivity index (χ2n) is 16.0. The molecule has 13 aromatic rings. The van der Waals surface area contributed by atoms with Crippen LogP contribution in [-0.4, -0.2) is 19.5 Å². The molecule has 10 aromatic carbocycles. The Morgan fingerprint density at radius 1 is 0.339 bits per heavy atom. The summed E-state index contributed by atoms with van der Waals surface area (Å²) in [6, 6.07) is 72.7. The van der Waals surface area contributed by atoms with Crippen LogP contribution in [0.1, 0.15) is 0 Å². The molecule has 0 atom stereocenters. The quantitative estimate of drug-likeness (QED) is 0.174. The highest BCUT2D eigenvalue weighted by molar-refractivity contribution is 6.24. The summed E-state index contributed by atoms with van der Waals surface area (Å²) in [5.74, 6) is 1.78. The molecule has 13 rings (SSSR count). The van der Waals surface area contributed by atoms with Crippen molar-refractivity contribution in [3.63, 3.8) is 0 Å². The summed E-state index contributed by atoms with van der Waals surface area (Å²) in [6.45, 7) is 0. The molecular formula is C57H34N4O. The van der Waals surface area contributed by atoms with E-state index >= 15 is 0 Å². The van der Waals surface area contributed by atoms with Crippen LogP contribution in [0.15, 0.2) is 211 Å². The molecule has 0 aliphatic heterocycles. The Bertz CT molecular complexity index is 3920. The van der Waals surface area contributed by atoms with Gasteiger partial charge in [-0.25, -0.2) is 15.0 Å². The van der Waals surface area contributed by atoms with Crippen molar-refractivity contribution in [3.05, 3.63) is 206 Å². The van der Waals surface area contributed by atoms with Crippen LogP contribution in [0.5, 0.6) is 0 Å². The molecule has 0 aliphatic rings. The summed E-state index contributed by atoms with van der Waals surface area (Å²) in [4.78, 5) is 15.8. The minimum absolute atomic E-state index is 0.576. The van der Waals surface area contributed by atoms with E-state index in [-0.39, 0.29) is 0 Å². The third-order valence-corrected chi connectivity index (χ3v) is 12.4. The van der Waals surface area contributed by atoms with Gasteiger partial charge in [0.15, 0.2) is 23.1 Å². The predicted molar refractivity (Wildman–Crippen MR) is 256 cm³/mol. The molecule has 0 saturated heterocycles. The Morgan fingerprint density at radius 2 is 0.919 bits per heavy atom. The van der Waals surface area contributed by atoms with Crippen LogP contribution in [0.2, 0.25) is 0 Å². The largest absolute Gasteiger partial charge is 0.454 e. The van der Waals surface area contributed by atoms with Crippen LogP contribution < -0.4 is 0 Å². The highest BCUT2D eigenvalue weighted by Gasteiger charge is 2.24. The number of aromatic nitrogens is 4. The Morgan fingerprint density at radius 3 is 1.73 bits per heavy atom. The van der Waals surface area contributed by atoms with Crippen LogP contribution in [0, 0.1) is 0 Å². The summed E-state index contributed by atoms with van der Waals surface area (Å²) in [5, 5.41) is 11.5. The predicted octanol–water partition coefficient (Wildman–Crippen LogP) is 15.0. The average Bonchev–Trinajstić information content (AvgIpc) is 3.89. The summed E-state index contributed by atoms with van der Waals surface area (Å²) in [7, 11) is 0. The molecule has 5 nitrogen and oxygen atoms in total. The smallest absolute Gasteiger partial charge is 0.164 e. The maximum atomic E-state index is 6.98. The molecule has 0 radical (unpaired) electrons. The van der Waals surface area contributed by atoms with E-state index in [9.17, 15) is 0 Å². The van der Waals surface area contributed by atoms with Crippen LogP contribution in [0.25, 0.3) is 127 Å². The number of fused-ring (bicyclic) bond motifs is 10. The molecule has 5 heteroatoms. The van der Waals surface area contributed by atoms with Crippen LogP contribution in [0.3, 0.4) is 0 Å². The molecule has 0 N–H and O–H groups in total. The minimum atomic E-state index is 0.576. The Labute approximate surface area is 355 Å². The third-order valence-electron chi connectivity index (χ3n) is 12.4. The van der Waals surface area contributed by atoms with Crippen molar-refractivity contribution >= 4 is 76.1 Å². The van der Waals surface area contributed by atoms with Gasteiger partial charge in [-0.1, -0.05) is 164 Å². The molecule has 0 bridgehead atoms. The monoisotopic (exact) mass is 790 g/mol. The van der Waals surface area contributed by atoms with Gasteiger partial charge in [0.1, 0.15) is 5.58 Å². The van der Waals surface area contributed by atoms with Gasteiger partial charge < -0.3 is 8.98 Å². The lowest BCUT2D eigenvalue weighted by molar-refractivity contribution is 0.666. The number of hydrogen-bond donors (Lipinski definition) is 0. The van der Waals surface area contributed by atoms with Crippen LogP contribution in [0.4, 0.5) is 0 Å². The fourth-order valence-electron chi connectivity index (χ4n) is 9.43. The van der Waals surface area contributed by atoms with Gasteiger partial charge in [-0.3, -0.25) is 0 Å². The summed E-state index contributed by atoms with van der Waals surface area (Å²) < 4.78 is 9.36. The Hall–Kier alpha value is -8.41. The number of para-hydroxylation sites is 1. The molecule has 0 saturated carbocycles.